The third-order valence-corrected chi connectivity index (χ3v) is 3.07. The highest BCUT2D eigenvalue weighted by Gasteiger charge is 2.06. The molecule has 0 aliphatic rings. The van der Waals surface area contributed by atoms with Crippen molar-refractivity contribution in [2.45, 2.75) is 6.61 Å². The second-order valence-corrected chi connectivity index (χ2v) is 4.69. The van der Waals surface area contributed by atoms with Crippen molar-refractivity contribution in [1.29, 1.82) is 0 Å². The molecule has 5 heteroatoms. The molecule has 2 rings (SSSR count). The molecule has 0 radical (unpaired) electrons. The number of ether oxygens (including phenoxy) is 1. The van der Waals surface area contributed by atoms with Crippen molar-refractivity contribution in [2.24, 2.45) is 0 Å². The summed E-state index contributed by atoms with van der Waals surface area (Å²) in [5.74, 6) is -0.376. The summed E-state index contributed by atoms with van der Waals surface area (Å²) in [4.78, 5) is 10.6. The monoisotopic (exact) mass is 304 g/mol. The van der Waals surface area contributed by atoms with Crippen molar-refractivity contribution >= 4 is 23.6 Å². The summed E-state index contributed by atoms with van der Waals surface area (Å²) < 4.78 is 5.67. The molecule has 0 aromatic heterocycles. The number of phenolic OH excluding ortho intramolecular Hbond substituents is 1. The Labute approximate surface area is 126 Å². The Morgan fingerprint density at radius 1 is 1.19 bits per heavy atom. The van der Waals surface area contributed by atoms with Crippen LogP contribution in [0.4, 0.5) is 0 Å². The Balaban J connectivity index is 2.17. The minimum absolute atomic E-state index is 0.187. The molecule has 0 bridgehead atoms. The zero-order chi connectivity index (χ0) is 15.2. The van der Waals surface area contributed by atoms with E-state index in [0.29, 0.717) is 16.3 Å². The maximum absolute atomic E-state index is 10.6. The van der Waals surface area contributed by atoms with Crippen LogP contribution in [0.1, 0.15) is 11.1 Å². The van der Waals surface area contributed by atoms with E-state index < -0.39 is 5.97 Å². The molecule has 2 N–H and O–H groups in total. The number of aliphatic carboxylic acids is 1. The van der Waals surface area contributed by atoms with Gasteiger partial charge in [-0.1, -0.05) is 29.8 Å². The van der Waals surface area contributed by atoms with Crippen LogP contribution in [0, 0.1) is 0 Å². The molecule has 2 aromatic rings. The van der Waals surface area contributed by atoms with E-state index in [1.165, 1.54) is 6.08 Å². The number of hydrogen-bond donors (Lipinski definition) is 2. The molecule has 4 nitrogen and oxygen atoms in total. The van der Waals surface area contributed by atoms with Crippen LogP contribution in [0.3, 0.4) is 0 Å². The van der Waals surface area contributed by atoms with E-state index in [9.17, 15) is 9.90 Å². The fourth-order valence-corrected chi connectivity index (χ4v) is 1.94. The van der Waals surface area contributed by atoms with E-state index in [0.717, 1.165) is 11.6 Å². The van der Waals surface area contributed by atoms with Crippen LogP contribution in [-0.2, 0) is 11.4 Å². The number of rotatable bonds is 5. The van der Waals surface area contributed by atoms with Crippen LogP contribution < -0.4 is 4.74 Å². The summed E-state index contributed by atoms with van der Waals surface area (Å²) in [6.45, 7) is 0.286. The summed E-state index contributed by atoms with van der Waals surface area (Å²) in [7, 11) is 0. The number of aromatic hydroxyl groups is 1. The standard InChI is InChI=1S/C16H13ClO4/c17-14-2-1-3-15(13(14)8-9-16(19)20)21-10-11-4-6-12(18)7-5-11/h1-9,18H,10H2,(H,19,20)/b9-8+. The van der Waals surface area contributed by atoms with Gasteiger partial charge in [0.05, 0.1) is 5.02 Å². The number of phenols is 1. The molecule has 0 unspecified atom stereocenters. The summed E-state index contributed by atoms with van der Waals surface area (Å²) in [5, 5.41) is 18.3. The normalized spacial score (nSPS) is 10.7. The van der Waals surface area contributed by atoms with E-state index >= 15 is 0 Å². The van der Waals surface area contributed by atoms with Crippen molar-refractivity contribution in [2.75, 3.05) is 0 Å². The predicted octanol–water partition coefficient (Wildman–Crippen LogP) is 3.72. The first-order valence-corrected chi connectivity index (χ1v) is 6.54. The minimum Gasteiger partial charge on any atom is -0.508 e. The molecule has 0 aliphatic heterocycles. The second kappa shape index (κ2) is 6.81. The highest BCUT2D eigenvalue weighted by Crippen LogP contribution is 2.28. The quantitative estimate of drug-likeness (QED) is 0.826. The molecule has 0 spiro atoms. The van der Waals surface area contributed by atoms with Gasteiger partial charge in [0.2, 0.25) is 0 Å². The minimum atomic E-state index is -1.06. The lowest BCUT2D eigenvalue weighted by atomic mass is 10.2. The molecule has 0 saturated carbocycles. The zero-order valence-electron chi connectivity index (χ0n) is 11.0. The molecule has 108 valence electrons. The molecular weight excluding hydrogens is 292 g/mol. The molecule has 0 fully saturated rings. The van der Waals surface area contributed by atoms with Crippen molar-refractivity contribution in [3.05, 3.63) is 64.7 Å². The van der Waals surface area contributed by atoms with Crippen molar-refractivity contribution in [1.82, 2.24) is 0 Å². The van der Waals surface area contributed by atoms with Crippen molar-refractivity contribution < 1.29 is 19.7 Å². The van der Waals surface area contributed by atoms with E-state index in [2.05, 4.69) is 0 Å². The molecule has 0 amide bonds. The van der Waals surface area contributed by atoms with E-state index in [4.69, 9.17) is 21.4 Å². The Kier molecular flexibility index (Phi) is 4.85. The lowest BCUT2D eigenvalue weighted by Gasteiger charge is -2.10. The van der Waals surface area contributed by atoms with Gasteiger partial charge in [-0.25, -0.2) is 4.79 Å². The average Bonchev–Trinajstić information content (AvgIpc) is 2.45. The van der Waals surface area contributed by atoms with Gasteiger partial charge in [-0.2, -0.15) is 0 Å². The first-order chi connectivity index (χ1) is 10.1. The van der Waals surface area contributed by atoms with Crippen molar-refractivity contribution in [3.8, 4) is 11.5 Å². The van der Waals surface area contributed by atoms with Crippen LogP contribution in [0.25, 0.3) is 6.08 Å². The highest BCUT2D eigenvalue weighted by molar-refractivity contribution is 6.32. The molecular formula is C16H13ClO4. The van der Waals surface area contributed by atoms with E-state index in [-0.39, 0.29) is 12.4 Å². The number of carbonyl (C=O) groups is 1. The Morgan fingerprint density at radius 3 is 2.57 bits per heavy atom. The van der Waals surface area contributed by atoms with Crippen LogP contribution in [-0.4, -0.2) is 16.2 Å². The largest absolute Gasteiger partial charge is 0.508 e. The molecule has 0 saturated heterocycles. The highest BCUT2D eigenvalue weighted by atomic mass is 35.5. The molecule has 2 aromatic carbocycles. The fourth-order valence-electron chi connectivity index (χ4n) is 1.71. The van der Waals surface area contributed by atoms with Gasteiger partial charge in [0.15, 0.2) is 0 Å². The Hall–Kier alpha value is -2.46. The van der Waals surface area contributed by atoms with Gasteiger partial charge in [0.25, 0.3) is 0 Å². The number of carboxylic acids is 1. The van der Waals surface area contributed by atoms with Gasteiger partial charge in [0.1, 0.15) is 18.1 Å². The Bertz CT molecular complexity index is 662. The van der Waals surface area contributed by atoms with E-state index in [1.807, 2.05) is 0 Å². The number of benzene rings is 2. The number of halogens is 1. The van der Waals surface area contributed by atoms with Crippen LogP contribution in [0.2, 0.25) is 5.02 Å². The molecule has 0 atom stereocenters. The zero-order valence-corrected chi connectivity index (χ0v) is 11.7. The first-order valence-electron chi connectivity index (χ1n) is 6.16. The molecule has 0 aliphatic carbocycles. The first kappa shape index (κ1) is 14.9. The van der Waals surface area contributed by atoms with Gasteiger partial charge >= 0.3 is 5.97 Å². The fraction of sp³-hybridized carbons (Fsp3) is 0.0625. The third kappa shape index (κ3) is 4.26. The van der Waals surface area contributed by atoms with Gasteiger partial charge in [-0.05, 0) is 35.9 Å². The van der Waals surface area contributed by atoms with Crippen LogP contribution in [0.5, 0.6) is 11.5 Å². The van der Waals surface area contributed by atoms with Gasteiger partial charge in [-0.3, -0.25) is 0 Å². The smallest absolute Gasteiger partial charge is 0.328 e. The summed E-state index contributed by atoms with van der Waals surface area (Å²) in [5.41, 5.74) is 1.39. The van der Waals surface area contributed by atoms with Crippen LogP contribution >= 0.6 is 11.6 Å². The topological polar surface area (TPSA) is 66.8 Å². The van der Waals surface area contributed by atoms with Gasteiger partial charge < -0.3 is 14.9 Å². The third-order valence-electron chi connectivity index (χ3n) is 2.74. The summed E-state index contributed by atoms with van der Waals surface area (Å²) in [6.07, 6.45) is 2.41. The maximum atomic E-state index is 10.6. The molecule has 21 heavy (non-hydrogen) atoms. The lowest BCUT2D eigenvalue weighted by molar-refractivity contribution is -0.131. The predicted molar refractivity (Wildman–Crippen MR) is 80.6 cm³/mol. The Morgan fingerprint density at radius 2 is 1.90 bits per heavy atom. The second-order valence-electron chi connectivity index (χ2n) is 4.28. The SMILES string of the molecule is O=C(O)/C=C/c1c(Cl)cccc1OCc1ccc(O)cc1. The van der Waals surface area contributed by atoms with Gasteiger partial charge in [-0.15, -0.1) is 0 Å². The lowest BCUT2D eigenvalue weighted by Crippen LogP contribution is -1.97. The number of hydrogen-bond acceptors (Lipinski definition) is 3. The van der Waals surface area contributed by atoms with Crippen molar-refractivity contribution in [3.63, 3.8) is 0 Å². The number of carboxylic acid groups (broad SMARTS) is 1. The maximum Gasteiger partial charge on any atom is 0.328 e. The molecule has 0 heterocycles. The van der Waals surface area contributed by atoms with Gasteiger partial charge in [0, 0.05) is 11.6 Å². The summed E-state index contributed by atoms with van der Waals surface area (Å²) in [6, 6.07) is 11.7. The van der Waals surface area contributed by atoms with E-state index in [1.54, 1.807) is 42.5 Å². The van der Waals surface area contributed by atoms with Crippen LogP contribution in [0.15, 0.2) is 48.5 Å². The summed E-state index contributed by atoms with van der Waals surface area (Å²) >= 11 is 6.06. The average molecular weight is 305 g/mol.